The Hall–Kier alpha value is -1.80. The third-order valence-corrected chi connectivity index (χ3v) is 3.13. The first-order valence-electron chi connectivity index (χ1n) is 6.21. The summed E-state index contributed by atoms with van der Waals surface area (Å²) in [5.74, 6) is 1.78. The normalized spacial score (nSPS) is 12.2. The summed E-state index contributed by atoms with van der Waals surface area (Å²) >= 11 is 0. The lowest BCUT2D eigenvalue weighted by Gasteiger charge is -2.12. The summed E-state index contributed by atoms with van der Waals surface area (Å²) in [6, 6.07) is 16.6. The highest BCUT2D eigenvalue weighted by molar-refractivity contribution is 5.38. The van der Waals surface area contributed by atoms with E-state index in [4.69, 9.17) is 4.74 Å². The molecule has 2 heteroatoms. The van der Waals surface area contributed by atoms with Crippen molar-refractivity contribution in [3.05, 3.63) is 59.7 Å². The zero-order valence-electron chi connectivity index (χ0n) is 11.1. The van der Waals surface area contributed by atoms with E-state index in [1.165, 1.54) is 5.56 Å². The van der Waals surface area contributed by atoms with Gasteiger partial charge in [0.2, 0.25) is 0 Å². The second-order valence-corrected chi connectivity index (χ2v) is 4.45. The van der Waals surface area contributed by atoms with Gasteiger partial charge in [0.25, 0.3) is 0 Å². The summed E-state index contributed by atoms with van der Waals surface area (Å²) < 4.78 is 5.86. The van der Waals surface area contributed by atoms with E-state index in [1.54, 1.807) is 0 Å². The van der Waals surface area contributed by atoms with E-state index in [0.717, 1.165) is 17.1 Å². The maximum atomic E-state index is 5.86. The second kappa shape index (κ2) is 5.69. The van der Waals surface area contributed by atoms with Crippen LogP contribution in [-0.2, 0) is 0 Å². The van der Waals surface area contributed by atoms with Crippen LogP contribution in [-0.4, -0.2) is 7.05 Å². The second-order valence-electron chi connectivity index (χ2n) is 4.45. The molecule has 2 aromatic carbocycles. The molecule has 2 nitrogen and oxygen atoms in total. The standard InChI is InChI=1S/C16H19NO/c1-12-6-4-5-7-16(12)18-15-10-8-14(9-11-15)13(2)17-3/h4-11,13,17H,1-3H3. The van der Waals surface area contributed by atoms with Gasteiger partial charge in [0, 0.05) is 6.04 Å². The molecule has 0 radical (unpaired) electrons. The van der Waals surface area contributed by atoms with Crippen LogP contribution >= 0.6 is 0 Å². The number of ether oxygens (including phenoxy) is 1. The molecule has 0 saturated carbocycles. The quantitative estimate of drug-likeness (QED) is 0.871. The number of nitrogens with one attached hydrogen (secondary N) is 1. The molecule has 0 heterocycles. The van der Waals surface area contributed by atoms with Gasteiger partial charge in [-0.25, -0.2) is 0 Å². The maximum Gasteiger partial charge on any atom is 0.130 e. The Morgan fingerprint density at radius 2 is 1.67 bits per heavy atom. The first-order chi connectivity index (χ1) is 8.70. The molecular weight excluding hydrogens is 222 g/mol. The van der Waals surface area contributed by atoms with Crippen molar-refractivity contribution in [3.8, 4) is 11.5 Å². The van der Waals surface area contributed by atoms with Crippen LogP contribution in [0.3, 0.4) is 0 Å². The minimum atomic E-state index is 0.359. The van der Waals surface area contributed by atoms with Crippen molar-refractivity contribution >= 4 is 0 Å². The highest BCUT2D eigenvalue weighted by Crippen LogP contribution is 2.25. The molecule has 18 heavy (non-hydrogen) atoms. The van der Waals surface area contributed by atoms with Crippen LogP contribution in [0.1, 0.15) is 24.1 Å². The molecule has 0 bridgehead atoms. The monoisotopic (exact) mass is 241 g/mol. The fourth-order valence-corrected chi connectivity index (χ4v) is 1.79. The number of hydrogen-bond acceptors (Lipinski definition) is 2. The third kappa shape index (κ3) is 2.90. The molecule has 0 fully saturated rings. The van der Waals surface area contributed by atoms with Gasteiger partial charge in [-0.3, -0.25) is 0 Å². The minimum absolute atomic E-state index is 0.359. The molecule has 94 valence electrons. The smallest absolute Gasteiger partial charge is 0.130 e. The molecule has 1 unspecified atom stereocenters. The summed E-state index contributed by atoms with van der Waals surface area (Å²) in [5.41, 5.74) is 2.40. The average molecular weight is 241 g/mol. The number of aryl methyl sites for hydroxylation is 1. The molecule has 0 aliphatic heterocycles. The lowest BCUT2D eigenvalue weighted by molar-refractivity contribution is 0.478. The van der Waals surface area contributed by atoms with E-state index in [0.29, 0.717) is 6.04 Å². The minimum Gasteiger partial charge on any atom is -0.457 e. The van der Waals surface area contributed by atoms with Crippen molar-refractivity contribution in [1.29, 1.82) is 0 Å². The van der Waals surface area contributed by atoms with E-state index in [1.807, 2.05) is 50.4 Å². The molecule has 0 aromatic heterocycles. The van der Waals surface area contributed by atoms with Crippen LogP contribution < -0.4 is 10.1 Å². The highest BCUT2D eigenvalue weighted by Gasteiger charge is 2.03. The number of benzene rings is 2. The summed E-state index contributed by atoms with van der Waals surface area (Å²) in [6.07, 6.45) is 0. The molecule has 0 amide bonds. The Morgan fingerprint density at radius 1 is 1.00 bits per heavy atom. The van der Waals surface area contributed by atoms with Crippen LogP contribution in [0.15, 0.2) is 48.5 Å². The molecule has 1 atom stereocenters. The summed E-state index contributed by atoms with van der Waals surface area (Å²) in [7, 11) is 1.96. The Morgan fingerprint density at radius 3 is 2.28 bits per heavy atom. The van der Waals surface area contributed by atoms with E-state index < -0.39 is 0 Å². The Bertz CT molecular complexity index is 505. The summed E-state index contributed by atoms with van der Waals surface area (Å²) in [4.78, 5) is 0. The van der Waals surface area contributed by atoms with Gasteiger partial charge in [-0.2, -0.15) is 0 Å². The molecule has 1 N–H and O–H groups in total. The van der Waals surface area contributed by atoms with Crippen molar-refractivity contribution in [2.45, 2.75) is 19.9 Å². The number of rotatable bonds is 4. The largest absolute Gasteiger partial charge is 0.457 e. The predicted octanol–water partition coefficient (Wildman–Crippen LogP) is 4.07. The van der Waals surface area contributed by atoms with Crippen LogP contribution in [0.5, 0.6) is 11.5 Å². The van der Waals surface area contributed by atoms with Gasteiger partial charge in [-0.15, -0.1) is 0 Å². The van der Waals surface area contributed by atoms with Crippen LogP contribution in [0, 0.1) is 6.92 Å². The molecule has 2 aromatic rings. The Labute approximate surface area is 109 Å². The van der Waals surface area contributed by atoms with E-state index in [9.17, 15) is 0 Å². The molecule has 0 saturated heterocycles. The number of hydrogen-bond donors (Lipinski definition) is 1. The fraction of sp³-hybridized carbons (Fsp3) is 0.250. The van der Waals surface area contributed by atoms with Crippen molar-refractivity contribution in [2.24, 2.45) is 0 Å². The Balaban J connectivity index is 2.14. The molecule has 0 aliphatic rings. The van der Waals surface area contributed by atoms with Crippen LogP contribution in [0.2, 0.25) is 0 Å². The average Bonchev–Trinajstić information content (AvgIpc) is 2.41. The van der Waals surface area contributed by atoms with Crippen molar-refractivity contribution in [1.82, 2.24) is 5.32 Å². The first kappa shape index (κ1) is 12.7. The van der Waals surface area contributed by atoms with Crippen LogP contribution in [0.4, 0.5) is 0 Å². The van der Waals surface area contributed by atoms with Crippen molar-refractivity contribution in [2.75, 3.05) is 7.05 Å². The predicted molar refractivity (Wildman–Crippen MR) is 75.2 cm³/mol. The SMILES string of the molecule is CNC(C)c1ccc(Oc2ccccc2C)cc1. The molecule has 0 spiro atoms. The molecule has 2 rings (SSSR count). The highest BCUT2D eigenvalue weighted by atomic mass is 16.5. The lowest BCUT2D eigenvalue weighted by Crippen LogP contribution is -2.11. The van der Waals surface area contributed by atoms with E-state index in [2.05, 4.69) is 24.4 Å². The van der Waals surface area contributed by atoms with Gasteiger partial charge in [0.05, 0.1) is 0 Å². The zero-order valence-corrected chi connectivity index (χ0v) is 11.1. The lowest BCUT2D eigenvalue weighted by atomic mass is 10.1. The van der Waals surface area contributed by atoms with Gasteiger partial charge in [-0.1, -0.05) is 30.3 Å². The van der Waals surface area contributed by atoms with Crippen LogP contribution in [0.25, 0.3) is 0 Å². The maximum absolute atomic E-state index is 5.86. The van der Waals surface area contributed by atoms with Crippen molar-refractivity contribution in [3.63, 3.8) is 0 Å². The summed E-state index contributed by atoms with van der Waals surface area (Å²) in [5, 5.41) is 3.22. The fourth-order valence-electron chi connectivity index (χ4n) is 1.79. The van der Waals surface area contributed by atoms with E-state index >= 15 is 0 Å². The van der Waals surface area contributed by atoms with E-state index in [-0.39, 0.29) is 0 Å². The van der Waals surface area contributed by atoms with Gasteiger partial charge in [0.15, 0.2) is 0 Å². The zero-order chi connectivity index (χ0) is 13.0. The van der Waals surface area contributed by atoms with Crippen molar-refractivity contribution < 1.29 is 4.74 Å². The number of para-hydroxylation sites is 1. The van der Waals surface area contributed by atoms with Gasteiger partial charge < -0.3 is 10.1 Å². The molecule has 0 aliphatic carbocycles. The Kier molecular flexibility index (Phi) is 4.00. The van der Waals surface area contributed by atoms with Gasteiger partial charge >= 0.3 is 0 Å². The van der Waals surface area contributed by atoms with Gasteiger partial charge in [-0.05, 0) is 50.2 Å². The topological polar surface area (TPSA) is 21.3 Å². The first-order valence-corrected chi connectivity index (χ1v) is 6.21. The molecular formula is C16H19NO. The summed E-state index contributed by atoms with van der Waals surface area (Å²) in [6.45, 7) is 4.18. The third-order valence-electron chi connectivity index (χ3n) is 3.13. The van der Waals surface area contributed by atoms with Gasteiger partial charge in [0.1, 0.15) is 11.5 Å².